The summed E-state index contributed by atoms with van der Waals surface area (Å²) in [7, 11) is -1.26. The number of amides is 2. The molecule has 2 aromatic heterocycles. The zero-order valence-electron chi connectivity index (χ0n) is 47.9. The predicted molar refractivity (Wildman–Crippen MR) is 308 cm³/mol. The highest BCUT2D eigenvalue weighted by atomic mass is 79.9. The lowest BCUT2D eigenvalue weighted by molar-refractivity contribution is 0.0522. The molecule has 23 heteroatoms. The van der Waals surface area contributed by atoms with Crippen LogP contribution in [-0.2, 0) is 54.2 Å². The Labute approximate surface area is 475 Å². The van der Waals surface area contributed by atoms with Gasteiger partial charge in [-0.05, 0) is 113 Å². The van der Waals surface area contributed by atoms with E-state index >= 15 is 4.39 Å². The molecule has 4 rings (SSSR count). The smallest absolute Gasteiger partial charge is 0.407 e. The molecule has 0 spiro atoms. The fourth-order valence-electron chi connectivity index (χ4n) is 7.33. The van der Waals surface area contributed by atoms with Crippen LogP contribution in [0.1, 0.15) is 166 Å². The van der Waals surface area contributed by atoms with Crippen molar-refractivity contribution in [2.45, 2.75) is 166 Å². The molecular formula is C54H81BrCl2F2N8O8S2. The third kappa shape index (κ3) is 21.7. The van der Waals surface area contributed by atoms with E-state index in [1.807, 2.05) is 60.1 Å². The van der Waals surface area contributed by atoms with Crippen molar-refractivity contribution < 1.29 is 44.7 Å². The number of benzene rings is 2. The number of nitrogens with zero attached hydrogens (tertiary/aromatic N) is 5. The first-order valence-electron chi connectivity index (χ1n) is 25.1. The van der Waals surface area contributed by atoms with Crippen LogP contribution in [0.4, 0.5) is 18.4 Å². The molecule has 0 bridgehead atoms. The molecule has 3 N–H and O–H groups in total. The Morgan fingerprint density at radius 2 is 1.10 bits per heavy atom. The first-order valence-corrected chi connectivity index (χ1v) is 29.9. The van der Waals surface area contributed by atoms with Crippen LogP contribution in [0.15, 0.2) is 70.0 Å². The summed E-state index contributed by atoms with van der Waals surface area (Å²) >= 11 is 15.5. The Kier molecular flexibility index (Phi) is 26.5. The Balaban J connectivity index is 0.000000441. The molecule has 0 aliphatic heterocycles. The third-order valence-corrected chi connectivity index (χ3v) is 16.1. The summed E-state index contributed by atoms with van der Waals surface area (Å²) in [5, 5.41) is 18.3. The fourth-order valence-corrected chi connectivity index (χ4v) is 10.6. The van der Waals surface area contributed by atoms with Gasteiger partial charge in [0.2, 0.25) is 20.0 Å². The highest BCUT2D eigenvalue weighted by molar-refractivity contribution is 9.08. The molecule has 4 aromatic rings. The number of sulfonamides is 2. The molecule has 0 saturated carbocycles. The second-order valence-electron chi connectivity index (χ2n) is 21.7. The van der Waals surface area contributed by atoms with Crippen molar-refractivity contribution in [1.29, 1.82) is 0 Å². The van der Waals surface area contributed by atoms with E-state index in [0.717, 1.165) is 53.6 Å². The summed E-state index contributed by atoms with van der Waals surface area (Å²) in [5.74, 6) is -0.125. The number of H-pyrrole nitrogens is 1. The zero-order chi connectivity index (χ0) is 59.1. The quantitative estimate of drug-likeness (QED) is 0.0759. The van der Waals surface area contributed by atoms with Gasteiger partial charge in [0.1, 0.15) is 32.6 Å². The second kappa shape index (κ2) is 29.7. The molecule has 0 aliphatic rings. The van der Waals surface area contributed by atoms with Gasteiger partial charge in [-0.3, -0.25) is 9.78 Å². The number of alkyl carbamates (subject to hydrolysis) is 2. The van der Waals surface area contributed by atoms with Crippen molar-refractivity contribution in [2.75, 3.05) is 41.3 Å². The van der Waals surface area contributed by atoms with Crippen molar-refractivity contribution in [3.05, 3.63) is 115 Å². The first-order chi connectivity index (χ1) is 35.3. The summed E-state index contributed by atoms with van der Waals surface area (Å²) in [6.45, 7) is 27.3. The Morgan fingerprint density at radius 3 is 1.47 bits per heavy atom. The summed E-state index contributed by atoms with van der Waals surface area (Å²) in [6, 6.07) is 9.74. The molecule has 0 radical (unpaired) electrons. The number of aromatic nitrogens is 4. The average molecular weight is 1220 g/mol. The summed E-state index contributed by atoms with van der Waals surface area (Å²) < 4.78 is 92.3. The molecule has 2 amide bonds. The van der Waals surface area contributed by atoms with Gasteiger partial charge in [-0.2, -0.15) is 10.2 Å². The molecule has 432 valence electrons. The average Bonchev–Trinajstić information content (AvgIpc) is 3.86. The number of carbonyl (C=O) groups is 2. The third-order valence-electron chi connectivity index (χ3n) is 10.9. The Hall–Kier alpha value is -4.38. The molecule has 0 atom stereocenters. The number of hydrogen-bond donors (Lipinski definition) is 3. The highest BCUT2D eigenvalue weighted by Crippen LogP contribution is 2.33. The van der Waals surface area contributed by atoms with Crippen LogP contribution >= 0.6 is 39.1 Å². The molecule has 77 heavy (non-hydrogen) atoms. The molecule has 2 heterocycles. The minimum atomic E-state index is -3.67. The highest BCUT2D eigenvalue weighted by Gasteiger charge is 2.26. The molecule has 0 saturated heterocycles. The van der Waals surface area contributed by atoms with E-state index in [9.17, 15) is 30.8 Å². The van der Waals surface area contributed by atoms with Crippen LogP contribution in [-0.4, -0.2) is 110 Å². The normalized spacial score (nSPS) is 12.8. The monoisotopic (exact) mass is 1220 g/mol. The van der Waals surface area contributed by atoms with Gasteiger partial charge in [0, 0.05) is 82.0 Å². The van der Waals surface area contributed by atoms with Crippen molar-refractivity contribution in [3.63, 3.8) is 0 Å². The number of rotatable bonds is 19. The Morgan fingerprint density at radius 1 is 0.688 bits per heavy atom. The largest absolute Gasteiger partial charge is 0.444 e. The van der Waals surface area contributed by atoms with E-state index < -0.39 is 43.4 Å². The fraction of sp³-hybridized carbons (Fsp3) is 0.556. The van der Waals surface area contributed by atoms with E-state index in [0.29, 0.717) is 11.9 Å². The zero-order valence-corrected chi connectivity index (χ0v) is 52.6. The number of allylic oxidation sites excluding steroid dienone is 2. The molecule has 0 aliphatic carbocycles. The minimum Gasteiger partial charge on any atom is -0.444 e. The number of carbonyl (C=O) groups excluding carboxylic acids is 2. The number of aromatic amines is 1. The first kappa shape index (κ1) is 68.7. The summed E-state index contributed by atoms with van der Waals surface area (Å²) in [5.41, 5.74) is 5.75. The lowest BCUT2D eigenvalue weighted by Crippen LogP contribution is -2.32. The standard InChI is InChI=1S/C27H40ClFN4O4S.C18H30FN3O2.C9H11BrClNO2S/c1-17(2)24-21(15-20(29)12-13-30-26(34)37-27(5,6)7)25(18(3)4)33(31-24)16-19-10-11-23(22(28)14-19)38(35,36)32(8)9;1-11(2)15-14(16(12(3)4)22-21-15)10-13(19)8-9-20-17(23)24-18(5,6)7;1-12(2)15(13,14)9-4-3-7(6-10)5-8(9)11/h10-12,14,17-18H,13,15-16H2,1-9H3,(H,30,34);8,11-12H,9-10H2,1-7H3,(H,20,23)(H,21,22);3-5H,6H2,1-2H3/b20-12-;13-8-;. The molecule has 16 nitrogen and oxygen atoms in total. The number of alkyl halides is 1. The predicted octanol–water partition coefficient (Wildman–Crippen LogP) is 13.1. The second-order valence-corrected chi connectivity index (χ2v) is 27.3. The number of ether oxygens (including phenoxy) is 2. The maximum Gasteiger partial charge on any atom is 0.407 e. The van der Waals surface area contributed by atoms with Crippen LogP contribution in [0.25, 0.3) is 0 Å². The van der Waals surface area contributed by atoms with E-state index in [-0.39, 0.29) is 81.1 Å². The van der Waals surface area contributed by atoms with Gasteiger partial charge < -0.3 is 20.1 Å². The lowest BCUT2D eigenvalue weighted by Gasteiger charge is -2.19. The number of nitrogens with one attached hydrogen (secondary N) is 3. The van der Waals surface area contributed by atoms with Crippen LogP contribution in [0.2, 0.25) is 10.0 Å². The van der Waals surface area contributed by atoms with Gasteiger partial charge >= 0.3 is 12.2 Å². The van der Waals surface area contributed by atoms with Crippen LogP contribution in [0.5, 0.6) is 0 Å². The lowest BCUT2D eigenvalue weighted by atomic mass is 9.96. The number of hydrogen-bond acceptors (Lipinski definition) is 10. The maximum atomic E-state index is 15.0. The molecule has 2 aromatic carbocycles. The minimum absolute atomic E-state index is 0.00358. The van der Waals surface area contributed by atoms with Crippen LogP contribution in [0, 0.1) is 0 Å². The van der Waals surface area contributed by atoms with Crippen LogP contribution in [0.3, 0.4) is 0 Å². The molecular weight excluding hydrogens is 1140 g/mol. The molecule has 0 fully saturated rings. The number of halogens is 5. The van der Waals surface area contributed by atoms with Gasteiger partial charge in [-0.1, -0.05) is 107 Å². The van der Waals surface area contributed by atoms with Gasteiger partial charge in [0.05, 0.1) is 28.0 Å². The van der Waals surface area contributed by atoms with Gasteiger partial charge in [0.15, 0.2) is 0 Å². The molecule has 0 unspecified atom stereocenters. The van der Waals surface area contributed by atoms with E-state index in [4.69, 9.17) is 37.8 Å². The SMILES string of the molecule is CC(C)c1n[nH]c(C(C)C)c1C/C(F)=C/CNC(=O)OC(C)(C)C.CC(C)c1nn(Cc2ccc(S(=O)(=O)N(C)C)c(Cl)c2)c(C(C)C)c1C/C(F)=C/CNC(=O)OC(C)(C)C.CN(C)S(=O)(=O)c1ccc(CBr)cc1Cl. The summed E-state index contributed by atoms with van der Waals surface area (Å²) in [6.07, 6.45) is 1.75. The van der Waals surface area contributed by atoms with Crippen molar-refractivity contribution in [1.82, 2.24) is 39.2 Å². The van der Waals surface area contributed by atoms with Crippen molar-refractivity contribution in [2.24, 2.45) is 0 Å². The summed E-state index contributed by atoms with van der Waals surface area (Å²) in [4.78, 5) is 23.6. The van der Waals surface area contributed by atoms with E-state index in [1.165, 1.54) is 52.5 Å². The van der Waals surface area contributed by atoms with E-state index in [2.05, 4.69) is 36.8 Å². The Bertz CT molecular complexity index is 2880. The topological polar surface area (TPSA) is 198 Å². The van der Waals surface area contributed by atoms with Gasteiger partial charge in [-0.25, -0.2) is 43.8 Å². The van der Waals surface area contributed by atoms with Gasteiger partial charge in [-0.15, -0.1) is 0 Å². The van der Waals surface area contributed by atoms with E-state index in [1.54, 1.807) is 65.8 Å². The van der Waals surface area contributed by atoms with Crippen LogP contribution < -0.4 is 10.6 Å². The maximum absolute atomic E-state index is 15.0. The van der Waals surface area contributed by atoms with Crippen molar-refractivity contribution >= 4 is 71.4 Å². The van der Waals surface area contributed by atoms with Gasteiger partial charge in [0.25, 0.3) is 0 Å². The van der Waals surface area contributed by atoms with Crippen molar-refractivity contribution in [3.8, 4) is 0 Å².